The van der Waals surface area contributed by atoms with Crippen molar-refractivity contribution in [1.82, 2.24) is 0 Å². The molecule has 0 aromatic heterocycles. The van der Waals surface area contributed by atoms with E-state index in [1.54, 1.807) is 0 Å². The van der Waals surface area contributed by atoms with E-state index in [1.165, 1.54) is 70.6 Å². The maximum atomic E-state index is 10.3. The van der Waals surface area contributed by atoms with Gasteiger partial charge in [0.1, 0.15) is 0 Å². The van der Waals surface area contributed by atoms with Crippen molar-refractivity contribution < 1.29 is 5.11 Å². The van der Waals surface area contributed by atoms with Gasteiger partial charge in [0.2, 0.25) is 0 Å². The van der Waals surface area contributed by atoms with Gasteiger partial charge in [-0.05, 0) is 17.8 Å². The molecular formula is C20H42O. The van der Waals surface area contributed by atoms with Crippen LogP contribution < -0.4 is 0 Å². The van der Waals surface area contributed by atoms with E-state index >= 15 is 0 Å². The van der Waals surface area contributed by atoms with Gasteiger partial charge in [-0.25, -0.2) is 0 Å². The van der Waals surface area contributed by atoms with E-state index in [1.807, 2.05) is 0 Å². The summed E-state index contributed by atoms with van der Waals surface area (Å²) in [5.74, 6) is 0.542. The third kappa shape index (κ3) is 10.3. The highest BCUT2D eigenvalue weighted by Gasteiger charge is 2.30. The molecule has 0 amide bonds. The van der Waals surface area contributed by atoms with E-state index < -0.39 is 0 Å². The van der Waals surface area contributed by atoms with Crippen molar-refractivity contribution >= 4 is 0 Å². The topological polar surface area (TPSA) is 20.2 Å². The molecular weight excluding hydrogens is 256 g/mol. The van der Waals surface area contributed by atoms with Crippen LogP contribution >= 0.6 is 0 Å². The van der Waals surface area contributed by atoms with Gasteiger partial charge in [-0.3, -0.25) is 0 Å². The average molecular weight is 299 g/mol. The van der Waals surface area contributed by atoms with Crippen molar-refractivity contribution in [3.63, 3.8) is 0 Å². The fourth-order valence-corrected chi connectivity index (χ4v) is 2.76. The number of rotatable bonds is 14. The molecule has 21 heavy (non-hydrogen) atoms. The predicted molar refractivity (Wildman–Crippen MR) is 95.7 cm³/mol. The van der Waals surface area contributed by atoms with E-state index in [0.717, 1.165) is 6.42 Å². The second-order valence-electron chi connectivity index (χ2n) is 7.82. The van der Waals surface area contributed by atoms with E-state index in [9.17, 15) is 5.11 Å². The molecule has 0 aliphatic heterocycles. The van der Waals surface area contributed by atoms with Crippen LogP contribution in [-0.2, 0) is 0 Å². The normalized spacial score (nSPS) is 13.9. The van der Waals surface area contributed by atoms with Crippen LogP contribution in [0.15, 0.2) is 0 Å². The summed E-state index contributed by atoms with van der Waals surface area (Å²) in [5, 5.41) is 10.3. The molecule has 0 aromatic rings. The predicted octanol–water partition coefficient (Wildman–Crippen LogP) is 6.73. The van der Waals surface area contributed by atoms with Crippen LogP contribution in [0.2, 0.25) is 0 Å². The number of hydrogen-bond acceptors (Lipinski definition) is 1. The van der Waals surface area contributed by atoms with E-state index in [0.29, 0.717) is 5.92 Å². The Morgan fingerprint density at radius 3 is 1.48 bits per heavy atom. The fourth-order valence-electron chi connectivity index (χ4n) is 2.76. The third-order valence-electron chi connectivity index (χ3n) is 5.43. The van der Waals surface area contributed by atoms with E-state index in [2.05, 4.69) is 34.6 Å². The van der Waals surface area contributed by atoms with Gasteiger partial charge in [0.05, 0.1) is 6.10 Å². The molecule has 0 fully saturated rings. The lowest BCUT2D eigenvalue weighted by atomic mass is 9.75. The summed E-state index contributed by atoms with van der Waals surface area (Å²) in [7, 11) is 0. The van der Waals surface area contributed by atoms with Crippen molar-refractivity contribution in [3.05, 3.63) is 0 Å². The van der Waals surface area contributed by atoms with Gasteiger partial charge in [0.25, 0.3) is 0 Å². The molecule has 1 atom stereocenters. The third-order valence-corrected chi connectivity index (χ3v) is 5.43. The molecule has 1 unspecified atom stereocenters. The maximum absolute atomic E-state index is 10.3. The molecule has 0 rings (SSSR count). The highest BCUT2D eigenvalue weighted by atomic mass is 16.3. The van der Waals surface area contributed by atoms with Crippen molar-refractivity contribution in [2.75, 3.05) is 0 Å². The van der Waals surface area contributed by atoms with E-state index in [4.69, 9.17) is 0 Å². The Balaban J connectivity index is 3.36. The van der Waals surface area contributed by atoms with Gasteiger partial charge >= 0.3 is 0 Å². The molecule has 0 radical (unpaired) electrons. The lowest BCUT2D eigenvalue weighted by molar-refractivity contribution is 0.00969. The fraction of sp³-hybridized carbons (Fsp3) is 1.00. The molecule has 1 nitrogen and oxygen atoms in total. The Hall–Kier alpha value is -0.0400. The van der Waals surface area contributed by atoms with Gasteiger partial charge in [-0.2, -0.15) is 0 Å². The summed E-state index contributed by atoms with van der Waals surface area (Å²) < 4.78 is 0. The Kier molecular flexibility index (Phi) is 12.5. The number of aliphatic hydroxyl groups excluding tert-OH is 1. The number of aliphatic hydroxyl groups is 1. The first-order valence-corrected chi connectivity index (χ1v) is 9.61. The SMILES string of the molecule is CCCCCCCCCCCCCC(O)C(C)(C)C(C)C. The number of unbranched alkanes of at least 4 members (excludes halogenated alkanes) is 10. The lowest BCUT2D eigenvalue weighted by Gasteiger charge is -2.34. The van der Waals surface area contributed by atoms with Crippen LogP contribution in [0.3, 0.4) is 0 Å². The minimum Gasteiger partial charge on any atom is -0.393 e. The van der Waals surface area contributed by atoms with Crippen molar-refractivity contribution in [1.29, 1.82) is 0 Å². The van der Waals surface area contributed by atoms with Crippen LogP contribution in [0.4, 0.5) is 0 Å². The first-order chi connectivity index (χ1) is 9.92. The molecule has 1 heteroatoms. The molecule has 0 saturated heterocycles. The summed E-state index contributed by atoms with van der Waals surface area (Å²) in [6.45, 7) is 11.1. The summed E-state index contributed by atoms with van der Waals surface area (Å²) in [4.78, 5) is 0. The molecule has 0 bridgehead atoms. The number of hydrogen-bond donors (Lipinski definition) is 1. The standard InChI is InChI=1S/C20H42O/c1-6-7-8-9-10-11-12-13-14-15-16-17-19(21)20(4,5)18(2)3/h18-19,21H,6-17H2,1-5H3. The largest absolute Gasteiger partial charge is 0.393 e. The van der Waals surface area contributed by atoms with Gasteiger partial charge in [0.15, 0.2) is 0 Å². The maximum Gasteiger partial charge on any atom is 0.0593 e. The molecule has 0 heterocycles. The quantitative estimate of drug-likeness (QED) is 0.352. The first kappa shape index (κ1) is 21.0. The van der Waals surface area contributed by atoms with Crippen LogP contribution in [0, 0.1) is 11.3 Å². The summed E-state index contributed by atoms with van der Waals surface area (Å²) in [6.07, 6.45) is 15.9. The van der Waals surface area contributed by atoms with Gasteiger partial charge in [-0.15, -0.1) is 0 Å². The summed E-state index contributed by atoms with van der Waals surface area (Å²) >= 11 is 0. The monoisotopic (exact) mass is 298 g/mol. The second kappa shape index (κ2) is 12.5. The van der Waals surface area contributed by atoms with Crippen molar-refractivity contribution in [2.45, 2.75) is 118 Å². The zero-order valence-electron chi connectivity index (χ0n) is 15.6. The van der Waals surface area contributed by atoms with Crippen molar-refractivity contribution in [3.8, 4) is 0 Å². The summed E-state index contributed by atoms with van der Waals surface area (Å²) in [6, 6.07) is 0. The molecule has 0 spiro atoms. The molecule has 1 N–H and O–H groups in total. The molecule has 0 aromatic carbocycles. The summed E-state index contributed by atoms with van der Waals surface area (Å²) in [5.41, 5.74) is 0.0541. The minimum atomic E-state index is -0.143. The minimum absolute atomic E-state index is 0.0541. The Labute approximate surface area is 134 Å². The Bertz CT molecular complexity index is 220. The molecule has 0 aliphatic carbocycles. The van der Waals surface area contributed by atoms with Gasteiger partial charge in [0, 0.05) is 0 Å². The second-order valence-corrected chi connectivity index (χ2v) is 7.82. The van der Waals surface area contributed by atoms with Crippen LogP contribution in [0.5, 0.6) is 0 Å². The van der Waals surface area contributed by atoms with Crippen LogP contribution in [-0.4, -0.2) is 11.2 Å². The smallest absolute Gasteiger partial charge is 0.0593 e. The first-order valence-electron chi connectivity index (χ1n) is 9.61. The van der Waals surface area contributed by atoms with Gasteiger partial charge in [-0.1, -0.05) is 105 Å². The highest BCUT2D eigenvalue weighted by Crippen LogP contribution is 2.32. The Morgan fingerprint density at radius 1 is 0.714 bits per heavy atom. The highest BCUT2D eigenvalue weighted by molar-refractivity contribution is 4.80. The zero-order valence-corrected chi connectivity index (χ0v) is 15.6. The van der Waals surface area contributed by atoms with Crippen LogP contribution in [0.1, 0.15) is 112 Å². The molecule has 128 valence electrons. The van der Waals surface area contributed by atoms with Gasteiger partial charge < -0.3 is 5.11 Å². The van der Waals surface area contributed by atoms with E-state index in [-0.39, 0.29) is 11.5 Å². The van der Waals surface area contributed by atoms with Crippen LogP contribution in [0.25, 0.3) is 0 Å². The zero-order chi connectivity index (χ0) is 16.1. The lowest BCUT2D eigenvalue weighted by Crippen LogP contribution is -2.34. The average Bonchev–Trinajstić information content (AvgIpc) is 2.44. The molecule has 0 aliphatic rings. The molecule has 0 saturated carbocycles. The Morgan fingerprint density at radius 2 is 1.10 bits per heavy atom. The van der Waals surface area contributed by atoms with Crippen molar-refractivity contribution in [2.24, 2.45) is 11.3 Å².